The Morgan fingerprint density at radius 3 is 2.17 bits per heavy atom. The minimum absolute atomic E-state index is 0.796. The zero-order chi connectivity index (χ0) is 8.81. The van der Waals surface area contributed by atoms with Crippen molar-refractivity contribution in [1.82, 2.24) is 3.92 Å². The van der Waals surface area contributed by atoms with Crippen LogP contribution in [-0.4, -0.2) is 32.2 Å². The third-order valence-corrected chi connectivity index (χ3v) is 5.88. The zero-order valence-corrected chi connectivity index (χ0v) is 10.1. The fourth-order valence-corrected chi connectivity index (χ4v) is 4.41. The second-order valence-corrected chi connectivity index (χ2v) is 6.40. The Balaban J connectivity index is 2.18. The summed E-state index contributed by atoms with van der Waals surface area (Å²) in [5.74, 6) is 0. The Morgan fingerprint density at radius 1 is 1.08 bits per heavy atom. The van der Waals surface area contributed by atoms with Gasteiger partial charge in [-0.3, -0.25) is 0 Å². The number of nitrogens with zero attached hydrogens (tertiary/aromatic N) is 1. The summed E-state index contributed by atoms with van der Waals surface area (Å²) in [6.07, 6.45) is 7.50. The van der Waals surface area contributed by atoms with Crippen LogP contribution in [0.5, 0.6) is 0 Å². The molecule has 0 amide bonds. The molecule has 0 atom stereocenters. The first-order valence-electron chi connectivity index (χ1n) is 5.28. The van der Waals surface area contributed by atoms with Crippen molar-refractivity contribution in [3.05, 3.63) is 0 Å². The van der Waals surface area contributed by atoms with Crippen LogP contribution in [0.25, 0.3) is 0 Å². The van der Waals surface area contributed by atoms with Crippen molar-refractivity contribution in [2.24, 2.45) is 0 Å². The Kier molecular flexibility index (Phi) is 5.29. The van der Waals surface area contributed by atoms with Crippen molar-refractivity contribution in [2.45, 2.75) is 50.8 Å². The van der Waals surface area contributed by atoms with Crippen molar-refractivity contribution < 1.29 is 0 Å². The molecule has 72 valence electrons. The summed E-state index contributed by atoms with van der Waals surface area (Å²) in [7, 11) is 0. The van der Waals surface area contributed by atoms with Crippen LogP contribution in [0, 0.1) is 0 Å². The van der Waals surface area contributed by atoms with Gasteiger partial charge in [-0.15, -0.1) is 0 Å². The second-order valence-electron chi connectivity index (χ2n) is 3.48. The maximum atomic E-state index is 2.63. The molecule has 0 spiro atoms. The molecule has 0 aromatic heterocycles. The third-order valence-electron chi connectivity index (χ3n) is 2.56. The van der Waals surface area contributed by atoms with Crippen LogP contribution in [0.4, 0.5) is 0 Å². The van der Waals surface area contributed by atoms with Crippen LogP contribution >= 0.6 is 0 Å². The van der Waals surface area contributed by atoms with E-state index in [0.29, 0.717) is 0 Å². The van der Waals surface area contributed by atoms with Gasteiger partial charge < -0.3 is 0 Å². The first-order chi connectivity index (χ1) is 5.86. The van der Waals surface area contributed by atoms with Crippen LogP contribution in [-0.2, 0) is 0 Å². The van der Waals surface area contributed by atoms with E-state index in [0.717, 1.165) is 20.0 Å². The first-order valence-corrected chi connectivity index (χ1v) is 7.04. The van der Waals surface area contributed by atoms with Gasteiger partial charge in [-0.1, -0.05) is 0 Å². The normalized spacial score (nSPS) is 20.2. The quantitative estimate of drug-likeness (QED) is 0.676. The average Bonchev–Trinajstić information content (AvgIpc) is 2.16. The first kappa shape index (κ1) is 10.6. The summed E-state index contributed by atoms with van der Waals surface area (Å²) in [5, 5.41) is 0. The molecule has 0 aromatic rings. The fourth-order valence-electron chi connectivity index (χ4n) is 1.75. The molecule has 0 radical (unpaired) electrons. The van der Waals surface area contributed by atoms with Gasteiger partial charge in [0.05, 0.1) is 0 Å². The molecule has 2 heteroatoms. The van der Waals surface area contributed by atoms with Crippen LogP contribution in [0.15, 0.2) is 0 Å². The van der Waals surface area contributed by atoms with Crippen molar-refractivity contribution in [2.75, 3.05) is 13.1 Å². The van der Waals surface area contributed by atoms with Crippen LogP contribution in [0.2, 0.25) is 4.82 Å². The maximum absolute atomic E-state index is 2.63. The molecule has 1 aliphatic rings. The molecule has 0 bridgehead atoms. The van der Waals surface area contributed by atoms with Crippen LogP contribution < -0.4 is 0 Å². The Labute approximate surface area is 83.3 Å². The van der Waals surface area contributed by atoms with Gasteiger partial charge >= 0.3 is 82.9 Å². The van der Waals surface area contributed by atoms with E-state index >= 15 is 0 Å². The Morgan fingerprint density at radius 2 is 1.67 bits per heavy atom. The fraction of sp³-hybridized carbons (Fsp3) is 1.00. The summed E-state index contributed by atoms with van der Waals surface area (Å²) in [4.78, 5) is 1.08. The van der Waals surface area contributed by atoms with Crippen molar-refractivity contribution in [3.8, 4) is 0 Å². The molecule has 0 saturated heterocycles. The molecule has 1 rings (SSSR count). The summed E-state index contributed by atoms with van der Waals surface area (Å²) in [6.45, 7) is 7.09. The van der Waals surface area contributed by atoms with Gasteiger partial charge in [0.25, 0.3) is 0 Å². The molecule has 1 nitrogen and oxygen atoms in total. The topological polar surface area (TPSA) is 3.24 Å². The minimum atomic E-state index is 0.796. The standard InChI is InChI=1S/C10H21NSe/c1-3-11(4-2)12-10-8-6-5-7-9-10/h10H,3-9H2,1-2H3. The van der Waals surface area contributed by atoms with Gasteiger partial charge in [0.15, 0.2) is 0 Å². The van der Waals surface area contributed by atoms with E-state index in [1.165, 1.54) is 45.2 Å². The summed E-state index contributed by atoms with van der Waals surface area (Å²) in [6, 6.07) is 0. The van der Waals surface area contributed by atoms with Crippen LogP contribution in [0.3, 0.4) is 0 Å². The molecule has 1 aliphatic carbocycles. The van der Waals surface area contributed by atoms with Gasteiger partial charge in [-0.2, -0.15) is 0 Å². The molecule has 0 heterocycles. The second kappa shape index (κ2) is 6.01. The number of hydrogen-bond donors (Lipinski definition) is 0. The molecule has 0 N–H and O–H groups in total. The van der Waals surface area contributed by atoms with E-state index in [2.05, 4.69) is 17.8 Å². The van der Waals surface area contributed by atoms with E-state index < -0.39 is 0 Å². The van der Waals surface area contributed by atoms with E-state index in [4.69, 9.17) is 0 Å². The van der Waals surface area contributed by atoms with Crippen molar-refractivity contribution >= 4 is 15.2 Å². The molecule has 0 unspecified atom stereocenters. The van der Waals surface area contributed by atoms with E-state index in [1.54, 1.807) is 0 Å². The molecular formula is C10H21NSe. The predicted octanol–water partition coefficient (Wildman–Crippen LogP) is 2.70. The number of rotatable bonds is 4. The van der Waals surface area contributed by atoms with E-state index in [9.17, 15) is 0 Å². The van der Waals surface area contributed by atoms with Gasteiger partial charge in [0.2, 0.25) is 0 Å². The molecule has 1 fully saturated rings. The predicted molar refractivity (Wildman–Crippen MR) is 55.5 cm³/mol. The van der Waals surface area contributed by atoms with Crippen molar-refractivity contribution in [1.29, 1.82) is 0 Å². The molecule has 12 heavy (non-hydrogen) atoms. The van der Waals surface area contributed by atoms with E-state index in [-0.39, 0.29) is 0 Å². The van der Waals surface area contributed by atoms with Gasteiger partial charge in [-0.25, -0.2) is 0 Å². The van der Waals surface area contributed by atoms with Crippen molar-refractivity contribution in [3.63, 3.8) is 0 Å². The molecule has 0 aliphatic heterocycles. The summed E-state index contributed by atoms with van der Waals surface area (Å²) in [5.41, 5.74) is 0. The monoisotopic (exact) mass is 235 g/mol. The van der Waals surface area contributed by atoms with Crippen LogP contribution in [0.1, 0.15) is 46.0 Å². The van der Waals surface area contributed by atoms with Gasteiger partial charge in [0, 0.05) is 0 Å². The van der Waals surface area contributed by atoms with Gasteiger partial charge in [-0.05, 0) is 0 Å². The molecule has 1 saturated carbocycles. The Bertz CT molecular complexity index is 106. The average molecular weight is 234 g/mol. The summed E-state index contributed by atoms with van der Waals surface area (Å²) >= 11 is 0.796. The molecular weight excluding hydrogens is 213 g/mol. The van der Waals surface area contributed by atoms with E-state index in [1.807, 2.05) is 0 Å². The summed E-state index contributed by atoms with van der Waals surface area (Å²) < 4.78 is 2.63. The number of hydrogen-bond acceptors (Lipinski definition) is 1. The zero-order valence-electron chi connectivity index (χ0n) is 8.38. The molecule has 0 aromatic carbocycles. The Hall–Kier alpha value is 0.479. The van der Waals surface area contributed by atoms with Gasteiger partial charge in [0.1, 0.15) is 0 Å². The third kappa shape index (κ3) is 3.47. The SMILES string of the molecule is CCN(CC)[Se]C1CCCCC1.